The van der Waals surface area contributed by atoms with Crippen molar-refractivity contribution >= 4 is 17.2 Å². The lowest BCUT2D eigenvalue weighted by Gasteiger charge is -2.22. The van der Waals surface area contributed by atoms with Gasteiger partial charge in [0.2, 0.25) is 5.91 Å². The maximum atomic E-state index is 12.4. The summed E-state index contributed by atoms with van der Waals surface area (Å²) in [5.41, 5.74) is 3.32. The van der Waals surface area contributed by atoms with Gasteiger partial charge in [0.15, 0.2) is 0 Å². The van der Waals surface area contributed by atoms with Crippen molar-refractivity contribution in [2.75, 3.05) is 6.54 Å². The van der Waals surface area contributed by atoms with Crippen molar-refractivity contribution in [3.05, 3.63) is 52.0 Å². The van der Waals surface area contributed by atoms with Gasteiger partial charge in [0, 0.05) is 18.2 Å². The number of hydrogen-bond donors (Lipinski definition) is 1. The van der Waals surface area contributed by atoms with Crippen molar-refractivity contribution in [2.24, 2.45) is 5.92 Å². The third-order valence-electron chi connectivity index (χ3n) is 4.38. The van der Waals surface area contributed by atoms with E-state index < -0.39 is 0 Å². The lowest BCUT2D eigenvalue weighted by Crippen LogP contribution is -2.36. The van der Waals surface area contributed by atoms with E-state index in [1.165, 1.54) is 5.56 Å². The Labute approximate surface area is 141 Å². The van der Waals surface area contributed by atoms with Crippen LogP contribution >= 0.6 is 11.3 Å². The minimum atomic E-state index is 0.0537. The van der Waals surface area contributed by atoms with Crippen LogP contribution in [0, 0.1) is 19.8 Å². The molecule has 2 heterocycles. The van der Waals surface area contributed by atoms with Crippen LogP contribution in [0.5, 0.6) is 0 Å². The molecule has 1 amide bonds. The first-order valence-electron chi connectivity index (χ1n) is 8.12. The molecule has 4 nitrogen and oxygen atoms in total. The Hall–Kier alpha value is -1.88. The summed E-state index contributed by atoms with van der Waals surface area (Å²) in [6, 6.07) is 4.24. The molecule has 2 aromatic rings. The zero-order valence-corrected chi connectivity index (χ0v) is 14.5. The van der Waals surface area contributed by atoms with E-state index in [2.05, 4.69) is 52.4 Å². The third-order valence-corrected chi connectivity index (χ3v) is 5.08. The summed E-state index contributed by atoms with van der Waals surface area (Å²) in [5, 5.41) is 12.0. The molecule has 23 heavy (non-hydrogen) atoms. The van der Waals surface area contributed by atoms with Crippen molar-refractivity contribution < 1.29 is 4.79 Å². The molecule has 5 heteroatoms. The Morgan fingerprint density at radius 2 is 2.35 bits per heavy atom. The van der Waals surface area contributed by atoms with Crippen molar-refractivity contribution in [3.63, 3.8) is 0 Å². The van der Waals surface area contributed by atoms with E-state index in [9.17, 15) is 4.79 Å². The van der Waals surface area contributed by atoms with Crippen molar-refractivity contribution in [2.45, 2.75) is 39.2 Å². The predicted molar refractivity (Wildman–Crippen MR) is 93.6 cm³/mol. The summed E-state index contributed by atoms with van der Waals surface area (Å²) in [5.74, 6) is 0.277. The minimum Gasteiger partial charge on any atom is -0.353 e. The zero-order valence-electron chi connectivity index (χ0n) is 13.7. The highest BCUT2D eigenvalue weighted by molar-refractivity contribution is 7.07. The van der Waals surface area contributed by atoms with E-state index in [0.717, 1.165) is 30.7 Å². The van der Waals surface area contributed by atoms with Gasteiger partial charge in [-0.2, -0.15) is 16.4 Å². The first kappa shape index (κ1) is 16.0. The van der Waals surface area contributed by atoms with E-state index >= 15 is 0 Å². The average molecular weight is 329 g/mol. The van der Waals surface area contributed by atoms with Gasteiger partial charge in [-0.15, -0.1) is 0 Å². The van der Waals surface area contributed by atoms with Gasteiger partial charge >= 0.3 is 0 Å². The van der Waals surface area contributed by atoms with Crippen LogP contribution in [0.25, 0.3) is 0 Å². The Bertz CT molecular complexity index is 687. The van der Waals surface area contributed by atoms with Crippen LogP contribution < -0.4 is 5.32 Å². The Balaban J connectivity index is 1.73. The van der Waals surface area contributed by atoms with E-state index in [-0.39, 0.29) is 17.9 Å². The Kier molecular flexibility index (Phi) is 4.96. The molecule has 0 aromatic carbocycles. The molecule has 122 valence electrons. The lowest BCUT2D eigenvalue weighted by molar-refractivity contribution is -0.125. The molecule has 0 bridgehead atoms. The number of nitrogens with one attached hydrogen (secondary N) is 1. The van der Waals surface area contributed by atoms with Crippen LogP contribution in [-0.4, -0.2) is 22.2 Å². The van der Waals surface area contributed by atoms with Gasteiger partial charge in [-0.3, -0.25) is 9.48 Å². The highest BCUT2D eigenvalue weighted by Crippen LogP contribution is 2.23. The predicted octanol–water partition coefficient (Wildman–Crippen LogP) is 3.62. The second kappa shape index (κ2) is 7.13. The number of rotatable bonds is 5. The molecule has 0 saturated heterocycles. The topological polar surface area (TPSA) is 46.9 Å². The maximum absolute atomic E-state index is 12.4. The Morgan fingerprint density at radius 3 is 2.96 bits per heavy atom. The standard InChI is InChI=1S/C18H23N3OS/c1-13-10-14(2)21(20-13)17(16-8-9-23-12-16)11-19-18(22)15-6-4-3-5-7-15/h3-4,8-10,12,15,17H,5-7,11H2,1-2H3,(H,19,22)/t15-,17+/m1/s1. The lowest BCUT2D eigenvalue weighted by atomic mass is 9.93. The van der Waals surface area contributed by atoms with E-state index in [1.54, 1.807) is 11.3 Å². The average Bonchev–Trinajstić information content (AvgIpc) is 3.19. The van der Waals surface area contributed by atoms with E-state index in [4.69, 9.17) is 0 Å². The molecule has 3 rings (SSSR count). The molecule has 0 fully saturated rings. The quantitative estimate of drug-likeness (QED) is 0.852. The molecule has 0 spiro atoms. The zero-order chi connectivity index (χ0) is 16.2. The van der Waals surface area contributed by atoms with Crippen LogP contribution in [-0.2, 0) is 4.79 Å². The fraction of sp³-hybridized carbons (Fsp3) is 0.444. The van der Waals surface area contributed by atoms with Gasteiger partial charge in [-0.25, -0.2) is 0 Å². The van der Waals surface area contributed by atoms with Gasteiger partial charge in [0.05, 0.1) is 11.7 Å². The first-order valence-corrected chi connectivity index (χ1v) is 9.07. The van der Waals surface area contributed by atoms with Crippen molar-refractivity contribution in [3.8, 4) is 0 Å². The molecule has 0 aliphatic heterocycles. The number of carbonyl (C=O) groups is 1. The fourth-order valence-electron chi connectivity index (χ4n) is 3.15. The van der Waals surface area contributed by atoms with Gasteiger partial charge in [-0.05, 0) is 61.6 Å². The molecule has 2 aromatic heterocycles. The third kappa shape index (κ3) is 3.72. The molecule has 0 unspecified atom stereocenters. The number of amides is 1. The van der Waals surface area contributed by atoms with Gasteiger partial charge in [0.1, 0.15) is 0 Å². The van der Waals surface area contributed by atoms with Crippen LogP contribution in [0.2, 0.25) is 0 Å². The number of hydrogen-bond acceptors (Lipinski definition) is 3. The summed E-state index contributed by atoms with van der Waals surface area (Å²) in [7, 11) is 0. The molecule has 0 radical (unpaired) electrons. The molecular formula is C18H23N3OS. The van der Waals surface area contributed by atoms with E-state index in [1.807, 2.05) is 11.6 Å². The SMILES string of the molecule is Cc1cc(C)n([C@@H](CNC(=O)[C@@H]2CC=CCC2)c2ccsc2)n1. The van der Waals surface area contributed by atoms with Crippen molar-refractivity contribution in [1.82, 2.24) is 15.1 Å². The summed E-state index contributed by atoms with van der Waals surface area (Å²) in [6.45, 7) is 4.64. The van der Waals surface area contributed by atoms with Crippen LogP contribution in [0.4, 0.5) is 0 Å². The minimum absolute atomic E-state index is 0.0537. The summed E-state index contributed by atoms with van der Waals surface area (Å²) >= 11 is 1.67. The number of aryl methyl sites for hydroxylation is 2. The largest absolute Gasteiger partial charge is 0.353 e. The van der Waals surface area contributed by atoms with Crippen molar-refractivity contribution in [1.29, 1.82) is 0 Å². The molecular weight excluding hydrogens is 306 g/mol. The number of nitrogens with zero attached hydrogens (tertiary/aromatic N) is 2. The Morgan fingerprint density at radius 1 is 1.48 bits per heavy atom. The smallest absolute Gasteiger partial charge is 0.223 e. The molecule has 0 saturated carbocycles. The molecule has 1 aliphatic rings. The summed E-state index contributed by atoms with van der Waals surface area (Å²) in [4.78, 5) is 12.4. The second-order valence-corrected chi connectivity index (χ2v) is 6.95. The number of allylic oxidation sites excluding steroid dienone is 2. The summed E-state index contributed by atoms with van der Waals surface area (Å²) in [6.07, 6.45) is 7.09. The van der Waals surface area contributed by atoms with Crippen LogP contribution in [0.1, 0.15) is 42.3 Å². The number of carbonyl (C=O) groups excluding carboxylic acids is 1. The summed E-state index contributed by atoms with van der Waals surface area (Å²) < 4.78 is 2.03. The highest BCUT2D eigenvalue weighted by Gasteiger charge is 2.22. The van der Waals surface area contributed by atoms with Gasteiger partial charge in [0.25, 0.3) is 0 Å². The first-order chi connectivity index (χ1) is 11.1. The molecule has 2 atom stereocenters. The fourth-order valence-corrected chi connectivity index (χ4v) is 3.85. The highest BCUT2D eigenvalue weighted by atomic mass is 32.1. The van der Waals surface area contributed by atoms with Gasteiger partial charge < -0.3 is 5.32 Å². The number of aromatic nitrogens is 2. The number of thiophene rings is 1. The molecule has 1 aliphatic carbocycles. The monoisotopic (exact) mass is 329 g/mol. The maximum Gasteiger partial charge on any atom is 0.223 e. The molecule has 1 N–H and O–H groups in total. The van der Waals surface area contributed by atoms with E-state index in [0.29, 0.717) is 6.54 Å². The van der Waals surface area contributed by atoms with Crippen LogP contribution in [0.15, 0.2) is 35.0 Å². The normalized spacial score (nSPS) is 18.8. The second-order valence-electron chi connectivity index (χ2n) is 6.17. The van der Waals surface area contributed by atoms with Crippen LogP contribution in [0.3, 0.4) is 0 Å². The van der Waals surface area contributed by atoms with Gasteiger partial charge in [-0.1, -0.05) is 12.2 Å².